The van der Waals surface area contributed by atoms with Crippen LogP contribution in [0.15, 0.2) is 96.3 Å². The number of carbonyl (C=O) groups is 3. The van der Waals surface area contributed by atoms with E-state index in [0.29, 0.717) is 5.56 Å². The molecular formula is C28H25NO5. The van der Waals surface area contributed by atoms with Crippen LogP contribution < -0.4 is 0 Å². The summed E-state index contributed by atoms with van der Waals surface area (Å²) >= 11 is 0. The van der Waals surface area contributed by atoms with Crippen LogP contribution in [0.4, 0.5) is 0 Å². The Bertz CT molecular complexity index is 1250. The third-order valence-corrected chi connectivity index (χ3v) is 5.59. The highest BCUT2D eigenvalue weighted by Gasteiger charge is 2.37. The Kier molecular flexibility index (Phi) is 6.87. The molecule has 34 heavy (non-hydrogen) atoms. The van der Waals surface area contributed by atoms with Gasteiger partial charge in [0.1, 0.15) is 0 Å². The second-order valence-corrected chi connectivity index (χ2v) is 7.69. The van der Waals surface area contributed by atoms with Crippen LogP contribution in [0.25, 0.3) is 10.8 Å². The number of hydrogen-bond acceptors (Lipinski definition) is 5. The quantitative estimate of drug-likeness (QED) is 0.491. The topological polar surface area (TPSA) is 72.9 Å². The van der Waals surface area contributed by atoms with E-state index < -0.39 is 17.9 Å². The molecule has 172 valence electrons. The molecule has 0 N–H and O–H groups in total. The Hall–Kier alpha value is -4.19. The van der Waals surface area contributed by atoms with Crippen molar-refractivity contribution in [2.75, 3.05) is 13.2 Å². The average Bonchev–Trinajstić information content (AvgIpc) is 2.88. The molecule has 1 heterocycles. The minimum Gasteiger partial charge on any atom is -0.463 e. The highest BCUT2D eigenvalue weighted by atomic mass is 16.5. The average molecular weight is 456 g/mol. The molecule has 0 fully saturated rings. The molecule has 0 unspecified atom stereocenters. The SMILES string of the molecule is CCOC(=O)C1=CN(C(=O)c2cccc3ccccc23)C=C(C(=O)OCC)C1c1ccccc1. The molecular weight excluding hydrogens is 430 g/mol. The van der Waals surface area contributed by atoms with Crippen LogP contribution in [0.1, 0.15) is 35.7 Å². The lowest BCUT2D eigenvalue weighted by atomic mass is 9.83. The van der Waals surface area contributed by atoms with Gasteiger partial charge in [-0.15, -0.1) is 0 Å². The first-order valence-corrected chi connectivity index (χ1v) is 11.2. The molecule has 0 spiro atoms. The normalized spacial score (nSPS) is 13.8. The molecule has 0 saturated heterocycles. The lowest BCUT2D eigenvalue weighted by Gasteiger charge is -2.29. The number of benzene rings is 3. The summed E-state index contributed by atoms with van der Waals surface area (Å²) in [5, 5.41) is 1.69. The molecule has 3 aromatic carbocycles. The fourth-order valence-electron chi connectivity index (χ4n) is 4.10. The molecule has 3 aromatic rings. The lowest BCUT2D eigenvalue weighted by molar-refractivity contribution is -0.139. The first-order valence-electron chi connectivity index (χ1n) is 11.2. The van der Waals surface area contributed by atoms with Gasteiger partial charge in [-0.2, -0.15) is 0 Å². The molecule has 0 radical (unpaired) electrons. The lowest BCUT2D eigenvalue weighted by Crippen LogP contribution is -2.32. The number of rotatable bonds is 6. The highest BCUT2D eigenvalue weighted by Crippen LogP contribution is 2.37. The van der Waals surface area contributed by atoms with Crippen molar-refractivity contribution < 1.29 is 23.9 Å². The molecule has 6 heteroatoms. The minimum absolute atomic E-state index is 0.160. The molecule has 1 aliphatic rings. The summed E-state index contributed by atoms with van der Waals surface area (Å²) in [5.41, 5.74) is 1.55. The zero-order valence-corrected chi connectivity index (χ0v) is 19.1. The van der Waals surface area contributed by atoms with E-state index in [9.17, 15) is 14.4 Å². The summed E-state index contributed by atoms with van der Waals surface area (Å²) in [6.07, 6.45) is 2.92. The Morgan fingerprint density at radius 1 is 0.735 bits per heavy atom. The van der Waals surface area contributed by atoms with Crippen molar-refractivity contribution in [3.63, 3.8) is 0 Å². The second kappa shape index (κ2) is 10.2. The maximum absolute atomic E-state index is 13.6. The highest BCUT2D eigenvalue weighted by molar-refractivity contribution is 6.09. The van der Waals surface area contributed by atoms with Gasteiger partial charge in [-0.1, -0.05) is 66.7 Å². The fraction of sp³-hybridized carbons (Fsp3) is 0.179. The van der Waals surface area contributed by atoms with E-state index in [-0.39, 0.29) is 30.3 Å². The second-order valence-electron chi connectivity index (χ2n) is 7.69. The predicted octanol–water partition coefficient (Wildman–Crippen LogP) is 4.97. The van der Waals surface area contributed by atoms with Gasteiger partial charge < -0.3 is 9.47 Å². The summed E-state index contributed by atoms with van der Waals surface area (Å²) < 4.78 is 10.6. The number of carbonyl (C=O) groups excluding carboxylic acids is 3. The van der Waals surface area contributed by atoms with Gasteiger partial charge in [0.15, 0.2) is 0 Å². The van der Waals surface area contributed by atoms with Gasteiger partial charge >= 0.3 is 11.9 Å². The smallest absolute Gasteiger partial charge is 0.336 e. The Morgan fingerprint density at radius 3 is 1.91 bits per heavy atom. The number of nitrogens with zero attached hydrogens (tertiary/aromatic N) is 1. The van der Waals surface area contributed by atoms with Gasteiger partial charge in [0, 0.05) is 18.0 Å². The van der Waals surface area contributed by atoms with E-state index in [0.717, 1.165) is 16.3 Å². The van der Waals surface area contributed by atoms with Crippen molar-refractivity contribution in [3.05, 3.63) is 107 Å². The molecule has 1 aliphatic heterocycles. The van der Waals surface area contributed by atoms with E-state index in [1.165, 1.54) is 17.3 Å². The van der Waals surface area contributed by atoms with Crippen LogP contribution >= 0.6 is 0 Å². The number of fused-ring (bicyclic) bond motifs is 1. The van der Waals surface area contributed by atoms with E-state index in [4.69, 9.17) is 9.47 Å². The summed E-state index contributed by atoms with van der Waals surface area (Å²) in [7, 11) is 0. The van der Waals surface area contributed by atoms with Crippen LogP contribution in [0, 0.1) is 0 Å². The van der Waals surface area contributed by atoms with Crippen LogP contribution in [0.2, 0.25) is 0 Å². The number of amides is 1. The van der Waals surface area contributed by atoms with Crippen molar-refractivity contribution in [2.24, 2.45) is 0 Å². The standard InChI is InChI=1S/C28H25NO5/c1-3-33-27(31)23-17-29(26(30)22-16-10-14-19-11-8-9-15-21(19)22)18-24(28(32)34-4-2)25(23)20-12-6-5-7-13-20/h5-18,25H,3-4H2,1-2H3. The van der Waals surface area contributed by atoms with Crippen LogP contribution in [0.5, 0.6) is 0 Å². The molecule has 6 nitrogen and oxygen atoms in total. The summed E-state index contributed by atoms with van der Waals surface area (Å²) in [6, 6.07) is 22.2. The molecule has 0 bridgehead atoms. The summed E-state index contributed by atoms with van der Waals surface area (Å²) in [6.45, 7) is 3.74. The molecule has 4 rings (SSSR count). The third kappa shape index (κ3) is 4.48. The molecule has 1 amide bonds. The van der Waals surface area contributed by atoms with Gasteiger partial charge in [-0.25, -0.2) is 9.59 Å². The van der Waals surface area contributed by atoms with Crippen molar-refractivity contribution in [2.45, 2.75) is 19.8 Å². The largest absolute Gasteiger partial charge is 0.463 e. The van der Waals surface area contributed by atoms with E-state index in [1.54, 1.807) is 26.0 Å². The van der Waals surface area contributed by atoms with Gasteiger partial charge in [0.05, 0.1) is 30.3 Å². The van der Waals surface area contributed by atoms with E-state index >= 15 is 0 Å². The molecule has 0 aliphatic carbocycles. The van der Waals surface area contributed by atoms with Crippen molar-refractivity contribution in [1.82, 2.24) is 4.90 Å². The van der Waals surface area contributed by atoms with Crippen molar-refractivity contribution in [3.8, 4) is 0 Å². The first kappa shape index (κ1) is 23.0. The predicted molar refractivity (Wildman–Crippen MR) is 129 cm³/mol. The minimum atomic E-state index is -0.726. The van der Waals surface area contributed by atoms with Crippen molar-refractivity contribution in [1.29, 1.82) is 0 Å². The van der Waals surface area contributed by atoms with Gasteiger partial charge in [-0.05, 0) is 36.2 Å². The first-order chi connectivity index (χ1) is 16.5. The molecule has 0 aromatic heterocycles. The van der Waals surface area contributed by atoms with Crippen molar-refractivity contribution >= 4 is 28.6 Å². The van der Waals surface area contributed by atoms with Crippen LogP contribution in [-0.4, -0.2) is 36.0 Å². The molecule has 0 saturated carbocycles. The van der Waals surface area contributed by atoms with Gasteiger partial charge in [-0.3, -0.25) is 9.69 Å². The number of hydrogen-bond donors (Lipinski definition) is 0. The number of esters is 2. The summed E-state index contributed by atoms with van der Waals surface area (Å²) in [5.74, 6) is -2.29. The Balaban J connectivity index is 1.86. The van der Waals surface area contributed by atoms with E-state index in [1.807, 2.05) is 60.7 Å². The van der Waals surface area contributed by atoms with Crippen LogP contribution in [0.3, 0.4) is 0 Å². The fourth-order valence-corrected chi connectivity index (χ4v) is 4.10. The van der Waals surface area contributed by atoms with Crippen LogP contribution in [-0.2, 0) is 19.1 Å². The maximum Gasteiger partial charge on any atom is 0.336 e. The Labute approximate surface area is 198 Å². The summed E-state index contributed by atoms with van der Waals surface area (Å²) in [4.78, 5) is 41.0. The van der Waals surface area contributed by atoms with E-state index in [2.05, 4.69) is 0 Å². The van der Waals surface area contributed by atoms with Gasteiger partial charge in [0.25, 0.3) is 5.91 Å². The van der Waals surface area contributed by atoms with Gasteiger partial charge in [0.2, 0.25) is 0 Å². The number of ether oxygens (including phenoxy) is 2. The maximum atomic E-state index is 13.6. The third-order valence-electron chi connectivity index (χ3n) is 5.59. The zero-order valence-electron chi connectivity index (χ0n) is 19.1. The monoisotopic (exact) mass is 455 g/mol. The zero-order chi connectivity index (χ0) is 24.1. The molecule has 0 atom stereocenters. The Morgan fingerprint density at radius 2 is 1.29 bits per heavy atom.